The highest BCUT2D eigenvalue weighted by Gasteiger charge is 2.24. The summed E-state index contributed by atoms with van der Waals surface area (Å²) < 4.78 is 9.44. The average Bonchev–Trinajstić information content (AvgIpc) is 3.08. The Kier molecular flexibility index (Phi) is 6.82. The van der Waals surface area contributed by atoms with Gasteiger partial charge in [-0.15, -0.1) is 0 Å². The lowest BCUT2D eigenvalue weighted by molar-refractivity contribution is 0.0525. The molecular weight excluding hydrogens is 481 g/mol. The summed E-state index contributed by atoms with van der Waals surface area (Å²) >= 11 is 15.6. The van der Waals surface area contributed by atoms with Crippen molar-refractivity contribution < 1.29 is 9.53 Å². The maximum Gasteiger partial charge on any atom is 0.344 e. The van der Waals surface area contributed by atoms with Crippen molar-refractivity contribution in [3.05, 3.63) is 72.7 Å². The number of carbonyl (C=O) groups is 1. The van der Waals surface area contributed by atoms with Crippen molar-refractivity contribution in [3.63, 3.8) is 0 Å². The molecule has 152 valence electrons. The molecule has 0 unspecified atom stereocenters. The third kappa shape index (κ3) is 4.57. The Morgan fingerprint density at radius 2 is 1.93 bits per heavy atom. The number of pyridine rings is 1. The van der Waals surface area contributed by atoms with Crippen LogP contribution in [0.25, 0.3) is 11.3 Å². The molecule has 0 atom stereocenters. The smallest absolute Gasteiger partial charge is 0.344 e. The summed E-state index contributed by atoms with van der Waals surface area (Å²) in [6.45, 7) is 4.66. The normalized spacial score (nSPS) is 10.9. The predicted octanol–water partition coefficient (Wildman–Crippen LogP) is 5.03. The first-order chi connectivity index (χ1) is 13.8. The molecule has 6 nitrogen and oxygen atoms in total. The topological polar surface area (TPSA) is 66.1 Å². The molecule has 0 fully saturated rings. The van der Waals surface area contributed by atoms with Crippen LogP contribution in [0.15, 0.2) is 45.9 Å². The van der Waals surface area contributed by atoms with Crippen LogP contribution in [-0.4, -0.2) is 26.9 Å². The van der Waals surface area contributed by atoms with E-state index < -0.39 is 11.4 Å². The second-order valence-corrected chi connectivity index (χ2v) is 7.78. The van der Waals surface area contributed by atoms with Gasteiger partial charge in [0.2, 0.25) is 0 Å². The van der Waals surface area contributed by atoms with E-state index in [1.807, 2.05) is 11.5 Å². The van der Waals surface area contributed by atoms with Crippen LogP contribution in [0.3, 0.4) is 0 Å². The molecule has 3 rings (SSSR count). The van der Waals surface area contributed by atoms with Crippen LogP contribution in [0.2, 0.25) is 10.0 Å². The average molecular weight is 499 g/mol. The summed E-state index contributed by atoms with van der Waals surface area (Å²) in [5, 5.41) is 5.03. The van der Waals surface area contributed by atoms with Crippen LogP contribution in [0.5, 0.6) is 0 Å². The molecule has 0 aliphatic heterocycles. The number of carbonyl (C=O) groups excluding carboxylic acids is 1. The van der Waals surface area contributed by atoms with E-state index in [4.69, 9.17) is 27.9 Å². The largest absolute Gasteiger partial charge is 0.462 e. The molecule has 0 saturated carbocycles. The zero-order valence-corrected chi connectivity index (χ0v) is 18.9. The summed E-state index contributed by atoms with van der Waals surface area (Å²) in [7, 11) is 0. The van der Waals surface area contributed by atoms with Crippen molar-refractivity contribution in [2.45, 2.75) is 26.9 Å². The van der Waals surface area contributed by atoms with Crippen molar-refractivity contribution in [2.24, 2.45) is 0 Å². The third-order valence-electron chi connectivity index (χ3n) is 4.32. The standard InChI is InChI=1S/C20H18BrCl2N3O3/c1-3-26-13(11-25-8-7-17(21)24-25)10-16(27)18(20(28)29-4-2)19(26)12-5-6-14(22)15(23)9-12/h5-10H,3-4,11H2,1-2H3. The predicted molar refractivity (Wildman–Crippen MR) is 117 cm³/mol. The fraction of sp³-hybridized carbons (Fsp3) is 0.250. The summed E-state index contributed by atoms with van der Waals surface area (Å²) in [6.07, 6.45) is 1.80. The van der Waals surface area contributed by atoms with Crippen molar-refractivity contribution in [2.75, 3.05) is 6.61 Å². The Labute approximate surface area is 186 Å². The number of benzene rings is 1. The quantitative estimate of drug-likeness (QED) is 0.447. The summed E-state index contributed by atoms with van der Waals surface area (Å²) in [6, 6.07) is 8.26. The number of nitrogens with zero attached hydrogens (tertiary/aromatic N) is 3. The van der Waals surface area contributed by atoms with Crippen LogP contribution in [0.1, 0.15) is 29.9 Å². The van der Waals surface area contributed by atoms with Gasteiger partial charge in [-0.25, -0.2) is 4.79 Å². The number of rotatable bonds is 6. The van der Waals surface area contributed by atoms with E-state index in [9.17, 15) is 9.59 Å². The van der Waals surface area contributed by atoms with Crippen LogP contribution >= 0.6 is 39.1 Å². The minimum atomic E-state index is -0.672. The van der Waals surface area contributed by atoms with Gasteiger partial charge in [0.1, 0.15) is 10.2 Å². The first kappa shape index (κ1) is 21.6. The molecule has 0 aliphatic rings. The van der Waals surface area contributed by atoms with E-state index in [1.165, 1.54) is 6.07 Å². The molecule has 0 saturated heterocycles. The fourth-order valence-electron chi connectivity index (χ4n) is 3.12. The Bertz CT molecular complexity index is 1120. The first-order valence-electron chi connectivity index (χ1n) is 8.93. The molecule has 9 heteroatoms. The second-order valence-electron chi connectivity index (χ2n) is 6.15. The van der Waals surface area contributed by atoms with E-state index in [-0.39, 0.29) is 12.2 Å². The molecule has 0 N–H and O–H groups in total. The van der Waals surface area contributed by atoms with Gasteiger partial charge in [-0.3, -0.25) is 9.48 Å². The summed E-state index contributed by atoms with van der Waals surface area (Å²) in [4.78, 5) is 25.6. The molecule has 1 aromatic carbocycles. The minimum absolute atomic E-state index is 0.0301. The molecule has 0 spiro atoms. The van der Waals surface area contributed by atoms with E-state index in [0.29, 0.717) is 44.7 Å². The van der Waals surface area contributed by atoms with Gasteiger partial charge < -0.3 is 9.30 Å². The number of hydrogen-bond acceptors (Lipinski definition) is 4. The highest BCUT2D eigenvalue weighted by Crippen LogP contribution is 2.31. The lowest BCUT2D eigenvalue weighted by Crippen LogP contribution is -2.25. The molecular formula is C20H18BrCl2N3O3. The Balaban J connectivity index is 2.28. The zero-order chi connectivity index (χ0) is 21.1. The molecule has 0 bridgehead atoms. The summed E-state index contributed by atoms with van der Waals surface area (Å²) in [5.74, 6) is -0.672. The van der Waals surface area contributed by atoms with E-state index in [1.54, 1.807) is 42.1 Å². The lowest BCUT2D eigenvalue weighted by Gasteiger charge is -2.20. The zero-order valence-electron chi connectivity index (χ0n) is 15.8. The second kappa shape index (κ2) is 9.15. The van der Waals surface area contributed by atoms with Gasteiger partial charge in [-0.1, -0.05) is 29.3 Å². The van der Waals surface area contributed by atoms with Crippen molar-refractivity contribution in [1.29, 1.82) is 0 Å². The third-order valence-corrected chi connectivity index (χ3v) is 5.48. The van der Waals surface area contributed by atoms with Crippen LogP contribution in [0.4, 0.5) is 0 Å². The first-order valence-corrected chi connectivity index (χ1v) is 10.5. The Morgan fingerprint density at radius 1 is 1.17 bits per heavy atom. The van der Waals surface area contributed by atoms with E-state index in [0.717, 1.165) is 0 Å². The maximum atomic E-state index is 13.0. The van der Waals surface area contributed by atoms with Gasteiger partial charge in [0.05, 0.1) is 28.9 Å². The monoisotopic (exact) mass is 497 g/mol. The highest BCUT2D eigenvalue weighted by atomic mass is 79.9. The SMILES string of the molecule is CCOC(=O)c1c(-c2ccc(Cl)c(Cl)c2)n(CC)c(Cn2ccc(Br)n2)cc1=O. The number of esters is 1. The molecule has 0 amide bonds. The van der Waals surface area contributed by atoms with E-state index in [2.05, 4.69) is 21.0 Å². The van der Waals surface area contributed by atoms with Gasteiger partial charge in [0.25, 0.3) is 0 Å². The van der Waals surface area contributed by atoms with Crippen LogP contribution in [-0.2, 0) is 17.8 Å². The fourth-order valence-corrected chi connectivity index (χ4v) is 3.74. The Hall–Kier alpha value is -2.09. The summed E-state index contributed by atoms with van der Waals surface area (Å²) in [5.41, 5.74) is 1.29. The van der Waals surface area contributed by atoms with Gasteiger partial charge >= 0.3 is 5.97 Å². The molecule has 2 heterocycles. The Morgan fingerprint density at radius 3 is 2.52 bits per heavy atom. The van der Waals surface area contributed by atoms with Crippen molar-refractivity contribution in [1.82, 2.24) is 14.3 Å². The number of halogens is 3. The minimum Gasteiger partial charge on any atom is -0.462 e. The molecule has 2 aromatic heterocycles. The lowest BCUT2D eigenvalue weighted by atomic mass is 10.0. The molecule has 0 radical (unpaired) electrons. The van der Waals surface area contributed by atoms with Crippen molar-refractivity contribution >= 4 is 45.1 Å². The number of hydrogen-bond donors (Lipinski definition) is 0. The molecule has 0 aliphatic carbocycles. The molecule has 3 aromatic rings. The van der Waals surface area contributed by atoms with Crippen LogP contribution in [0, 0.1) is 0 Å². The van der Waals surface area contributed by atoms with Crippen molar-refractivity contribution in [3.8, 4) is 11.3 Å². The van der Waals surface area contributed by atoms with E-state index >= 15 is 0 Å². The van der Waals surface area contributed by atoms with Gasteiger partial charge in [-0.2, -0.15) is 5.10 Å². The van der Waals surface area contributed by atoms with Gasteiger partial charge in [-0.05, 0) is 48.0 Å². The maximum absolute atomic E-state index is 13.0. The van der Waals surface area contributed by atoms with Crippen LogP contribution < -0.4 is 5.43 Å². The number of aromatic nitrogens is 3. The highest BCUT2D eigenvalue weighted by molar-refractivity contribution is 9.10. The molecule has 29 heavy (non-hydrogen) atoms. The number of ether oxygens (including phenoxy) is 1. The van der Waals surface area contributed by atoms with Gasteiger partial charge in [0, 0.05) is 30.1 Å². The van der Waals surface area contributed by atoms with Gasteiger partial charge in [0.15, 0.2) is 5.43 Å².